The van der Waals surface area contributed by atoms with Crippen molar-refractivity contribution < 1.29 is 22.7 Å². The molecule has 2 heterocycles. The van der Waals surface area contributed by atoms with E-state index in [4.69, 9.17) is 9.47 Å². The van der Waals surface area contributed by atoms with Crippen LogP contribution in [0.2, 0.25) is 0 Å². The quantitative estimate of drug-likeness (QED) is 0.248. The average molecular weight is 560 g/mol. The Labute approximate surface area is 237 Å². The van der Waals surface area contributed by atoms with Crippen LogP contribution in [-0.2, 0) is 37.3 Å². The number of aromatic nitrogens is 1. The first-order valence-electron chi connectivity index (χ1n) is 14.2. The van der Waals surface area contributed by atoms with Gasteiger partial charge in [-0.2, -0.15) is 0 Å². The molecule has 0 amide bonds. The van der Waals surface area contributed by atoms with Gasteiger partial charge in [0.05, 0.1) is 29.3 Å². The molecule has 0 saturated heterocycles. The van der Waals surface area contributed by atoms with Gasteiger partial charge in [0.1, 0.15) is 6.61 Å². The standard InChI is InChI=1S/C33H37NO5S/c1-25-15-18-28(19-16-25)40(36,37)34-31-20-17-26-23-30(31)29(33(34)27-11-7-6-8-12-27)13-9-4-2-3-5-10-14-32(35)39-22-21-38-24-26/h6-8,11-12,15-20,23H,2-5,9-10,13-14,21-22,24H2,1H3. The first-order valence-corrected chi connectivity index (χ1v) is 15.7. The van der Waals surface area contributed by atoms with E-state index in [1.54, 1.807) is 16.1 Å². The molecule has 210 valence electrons. The Morgan fingerprint density at radius 2 is 1.48 bits per heavy atom. The van der Waals surface area contributed by atoms with Crippen LogP contribution in [0.25, 0.3) is 22.2 Å². The zero-order valence-electron chi connectivity index (χ0n) is 23.1. The number of hydrogen-bond donors (Lipinski definition) is 0. The number of fused-ring (bicyclic) bond motifs is 1. The van der Waals surface area contributed by atoms with Gasteiger partial charge in [0, 0.05) is 11.8 Å². The second-order valence-corrected chi connectivity index (χ2v) is 12.3. The number of nitrogens with zero attached hydrogens (tertiary/aromatic N) is 1. The number of carbonyl (C=O) groups excluding carboxylic acids is 1. The van der Waals surface area contributed by atoms with Crippen molar-refractivity contribution in [2.24, 2.45) is 0 Å². The van der Waals surface area contributed by atoms with Crippen molar-refractivity contribution in [2.45, 2.75) is 69.8 Å². The summed E-state index contributed by atoms with van der Waals surface area (Å²) in [6.07, 6.45) is 7.19. The fourth-order valence-electron chi connectivity index (χ4n) is 5.42. The molecule has 1 aromatic heterocycles. The molecule has 0 spiro atoms. The molecule has 40 heavy (non-hydrogen) atoms. The molecule has 3 aromatic carbocycles. The average Bonchev–Trinajstić information content (AvgIpc) is 3.29. The van der Waals surface area contributed by atoms with Crippen molar-refractivity contribution in [2.75, 3.05) is 13.2 Å². The molecule has 2 bridgehead atoms. The maximum absolute atomic E-state index is 14.3. The smallest absolute Gasteiger partial charge is 0.305 e. The molecule has 0 N–H and O–H groups in total. The lowest BCUT2D eigenvalue weighted by Crippen LogP contribution is -2.14. The SMILES string of the molecule is Cc1ccc(S(=O)(=O)n2c(-c3ccccc3)c3c4cc(ccc42)COCCOC(=O)CCCCCCCC3)cc1. The van der Waals surface area contributed by atoms with Crippen LogP contribution in [0.3, 0.4) is 0 Å². The van der Waals surface area contributed by atoms with Gasteiger partial charge in [-0.3, -0.25) is 4.79 Å². The van der Waals surface area contributed by atoms with E-state index < -0.39 is 10.0 Å². The van der Waals surface area contributed by atoms with Crippen molar-refractivity contribution in [3.8, 4) is 11.3 Å². The highest BCUT2D eigenvalue weighted by atomic mass is 32.2. The molecule has 0 atom stereocenters. The molecule has 0 fully saturated rings. The predicted molar refractivity (Wildman–Crippen MR) is 158 cm³/mol. The van der Waals surface area contributed by atoms with Crippen LogP contribution in [0.4, 0.5) is 0 Å². The van der Waals surface area contributed by atoms with E-state index in [0.717, 1.165) is 78.3 Å². The summed E-state index contributed by atoms with van der Waals surface area (Å²) in [5, 5.41) is 0.934. The maximum atomic E-state index is 14.3. The van der Waals surface area contributed by atoms with Crippen LogP contribution < -0.4 is 0 Å². The summed E-state index contributed by atoms with van der Waals surface area (Å²) in [5.74, 6) is -0.166. The second kappa shape index (κ2) is 12.8. The number of benzene rings is 3. The van der Waals surface area contributed by atoms with E-state index >= 15 is 0 Å². The summed E-state index contributed by atoms with van der Waals surface area (Å²) in [6, 6.07) is 22.8. The third-order valence-corrected chi connectivity index (χ3v) is 9.25. The van der Waals surface area contributed by atoms with Gasteiger partial charge in [0.2, 0.25) is 0 Å². The lowest BCUT2D eigenvalue weighted by molar-refractivity contribution is -0.145. The number of hydrogen-bond acceptors (Lipinski definition) is 5. The molecule has 0 aliphatic carbocycles. The minimum Gasteiger partial charge on any atom is -0.463 e. The van der Waals surface area contributed by atoms with Gasteiger partial charge in [-0.05, 0) is 67.1 Å². The number of rotatable bonds is 3. The third kappa shape index (κ3) is 6.31. The Balaban J connectivity index is 1.63. The van der Waals surface area contributed by atoms with Gasteiger partial charge < -0.3 is 9.47 Å². The Hall–Kier alpha value is -3.42. The number of ether oxygens (including phenoxy) is 2. The van der Waals surface area contributed by atoms with Crippen LogP contribution in [0.5, 0.6) is 0 Å². The first kappa shape index (κ1) is 28.1. The van der Waals surface area contributed by atoms with Crippen LogP contribution in [0, 0.1) is 6.92 Å². The summed E-state index contributed by atoms with van der Waals surface area (Å²) >= 11 is 0. The fraction of sp³-hybridized carbons (Fsp3) is 0.364. The van der Waals surface area contributed by atoms with E-state index in [-0.39, 0.29) is 17.5 Å². The third-order valence-electron chi connectivity index (χ3n) is 7.52. The Morgan fingerprint density at radius 1 is 0.775 bits per heavy atom. The zero-order valence-corrected chi connectivity index (χ0v) is 23.9. The van der Waals surface area contributed by atoms with Crippen molar-refractivity contribution in [3.63, 3.8) is 0 Å². The van der Waals surface area contributed by atoms with Crippen LogP contribution in [0.1, 0.15) is 61.6 Å². The normalized spacial score (nSPS) is 16.4. The summed E-state index contributed by atoms with van der Waals surface area (Å²) < 4.78 is 41.2. The van der Waals surface area contributed by atoms with Crippen LogP contribution in [0.15, 0.2) is 77.7 Å². The Bertz CT molecular complexity index is 1560. The summed E-state index contributed by atoms with van der Waals surface area (Å²) in [4.78, 5) is 12.2. The topological polar surface area (TPSA) is 74.6 Å². The van der Waals surface area contributed by atoms with Crippen LogP contribution in [-0.4, -0.2) is 31.6 Å². The number of carbonyl (C=O) groups is 1. The highest BCUT2D eigenvalue weighted by Gasteiger charge is 2.28. The van der Waals surface area contributed by atoms with Crippen LogP contribution >= 0.6 is 0 Å². The molecule has 1 aliphatic rings. The highest BCUT2D eigenvalue weighted by Crippen LogP contribution is 2.38. The maximum Gasteiger partial charge on any atom is 0.305 e. The van der Waals surface area contributed by atoms with Crippen molar-refractivity contribution in [1.82, 2.24) is 3.97 Å². The minimum atomic E-state index is -3.88. The van der Waals surface area contributed by atoms with E-state index in [1.807, 2.05) is 61.5 Å². The molecule has 1 aliphatic heterocycles. The lowest BCUT2D eigenvalue weighted by atomic mass is 9.98. The van der Waals surface area contributed by atoms with E-state index in [1.165, 1.54) is 0 Å². The number of esters is 1. The molecule has 0 unspecified atom stereocenters. The summed E-state index contributed by atoms with van der Waals surface area (Å²) in [5.41, 5.74) is 5.29. The van der Waals surface area contributed by atoms with Gasteiger partial charge >= 0.3 is 5.97 Å². The fourth-order valence-corrected chi connectivity index (χ4v) is 6.99. The lowest BCUT2D eigenvalue weighted by Gasteiger charge is -2.14. The van der Waals surface area contributed by atoms with Crippen molar-refractivity contribution in [3.05, 3.63) is 89.5 Å². The molecule has 0 radical (unpaired) electrons. The monoisotopic (exact) mass is 559 g/mol. The molecule has 5 rings (SSSR count). The predicted octanol–water partition coefficient (Wildman–Crippen LogP) is 7.20. The van der Waals surface area contributed by atoms with Crippen molar-refractivity contribution >= 4 is 26.9 Å². The number of cyclic esters (lactones) is 1. The number of aryl methyl sites for hydroxylation is 2. The Kier molecular flexibility index (Phi) is 9.02. The molecule has 6 nitrogen and oxygen atoms in total. The van der Waals surface area contributed by atoms with Gasteiger partial charge in [0.15, 0.2) is 0 Å². The minimum absolute atomic E-state index is 0.166. The van der Waals surface area contributed by atoms with Gasteiger partial charge in [-0.15, -0.1) is 0 Å². The van der Waals surface area contributed by atoms with E-state index in [2.05, 4.69) is 6.07 Å². The van der Waals surface area contributed by atoms with Crippen molar-refractivity contribution in [1.29, 1.82) is 0 Å². The summed E-state index contributed by atoms with van der Waals surface area (Å²) in [6.45, 7) is 2.85. The molecule has 7 heteroatoms. The van der Waals surface area contributed by atoms with Gasteiger partial charge in [-0.1, -0.05) is 79.8 Å². The van der Waals surface area contributed by atoms with E-state index in [9.17, 15) is 13.2 Å². The first-order chi connectivity index (χ1) is 19.4. The largest absolute Gasteiger partial charge is 0.463 e. The molecular formula is C33H37NO5S. The second-order valence-electron chi connectivity index (χ2n) is 10.5. The van der Waals surface area contributed by atoms with E-state index in [0.29, 0.717) is 25.2 Å². The Morgan fingerprint density at radius 3 is 2.23 bits per heavy atom. The van der Waals surface area contributed by atoms with Gasteiger partial charge in [0.25, 0.3) is 10.0 Å². The van der Waals surface area contributed by atoms with Gasteiger partial charge in [-0.25, -0.2) is 12.4 Å². The molecule has 4 aromatic rings. The zero-order chi connectivity index (χ0) is 28.0. The molecule has 0 saturated carbocycles. The highest BCUT2D eigenvalue weighted by molar-refractivity contribution is 7.90. The molecular weight excluding hydrogens is 522 g/mol. The summed E-state index contributed by atoms with van der Waals surface area (Å²) in [7, 11) is -3.88.